The van der Waals surface area contributed by atoms with Crippen LogP contribution in [0.4, 0.5) is 0 Å². The third kappa shape index (κ3) is 5.97. The SMILES string of the molecule is COCCCc1ccc2[nH]cc(CN3CCC(NC(=O)c4cc(OC)c(C)c(OC)c4)CC3)c2c1. The molecule has 1 amide bonds. The molecule has 3 aromatic rings. The molecule has 7 heteroatoms. The van der Waals surface area contributed by atoms with Crippen LogP contribution in [0, 0.1) is 6.92 Å². The molecule has 0 aliphatic carbocycles. The van der Waals surface area contributed by atoms with Gasteiger partial charge in [0.15, 0.2) is 0 Å². The van der Waals surface area contributed by atoms with E-state index in [1.807, 2.05) is 6.92 Å². The number of H-pyrrole nitrogens is 1. The standard InChI is InChI=1S/C28H37N3O4/c1-19-26(34-3)15-21(16-27(19)35-4)28(32)30-23-9-11-31(12-10-23)18-22-17-29-25-8-7-20(14-24(22)25)6-5-13-33-2/h7-8,14-17,23,29H,5-6,9-13,18H2,1-4H3,(H,30,32). The number of aromatic nitrogens is 1. The first-order valence-electron chi connectivity index (χ1n) is 12.4. The van der Waals surface area contributed by atoms with Gasteiger partial charge in [0, 0.05) is 67.6 Å². The molecule has 1 saturated heterocycles. The summed E-state index contributed by atoms with van der Waals surface area (Å²) in [4.78, 5) is 18.8. The van der Waals surface area contributed by atoms with Gasteiger partial charge in [0.05, 0.1) is 14.2 Å². The molecule has 188 valence electrons. The molecule has 0 atom stereocenters. The fourth-order valence-corrected chi connectivity index (χ4v) is 4.89. The molecule has 2 N–H and O–H groups in total. The Morgan fingerprint density at radius 2 is 1.80 bits per heavy atom. The maximum Gasteiger partial charge on any atom is 0.251 e. The van der Waals surface area contributed by atoms with Crippen LogP contribution in [0.5, 0.6) is 11.5 Å². The van der Waals surface area contributed by atoms with Gasteiger partial charge in [-0.2, -0.15) is 0 Å². The van der Waals surface area contributed by atoms with E-state index in [-0.39, 0.29) is 11.9 Å². The van der Waals surface area contributed by atoms with E-state index in [2.05, 4.69) is 39.6 Å². The third-order valence-electron chi connectivity index (χ3n) is 6.98. The first-order valence-corrected chi connectivity index (χ1v) is 12.4. The first kappa shape index (κ1) is 25.1. The number of hydrogen-bond acceptors (Lipinski definition) is 5. The number of benzene rings is 2. The van der Waals surface area contributed by atoms with Crippen LogP contribution in [0.2, 0.25) is 0 Å². The van der Waals surface area contributed by atoms with Crippen LogP contribution < -0.4 is 14.8 Å². The van der Waals surface area contributed by atoms with Gasteiger partial charge >= 0.3 is 0 Å². The second-order valence-corrected chi connectivity index (χ2v) is 9.32. The van der Waals surface area contributed by atoms with Gasteiger partial charge in [-0.15, -0.1) is 0 Å². The molecule has 0 saturated carbocycles. The minimum Gasteiger partial charge on any atom is -0.496 e. The summed E-state index contributed by atoms with van der Waals surface area (Å²) in [5.74, 6) is 1.23. The van der Waals surface area contributed by atoms with E-state index in [0.717, 1.165) is 57.5 Å². The molecule has 7 nitrogen and oxygen atoms in total. The summed E-state index contributed by atoms with van der Waals surface area (Å²) < 4.78 is 16.0. The van der Waals surface area contributed by atoms with Crippen molar-refractivity contribution < 1.29 is 19.0 Å². The highest BCUT2D eigenvalue weighted by molar-refractivity contribution is 5.95. The van der Waals surface area contributed by atoms with Crippen molar-refractivity contribution in [2.75, 3.05) is 41.0 Å². The van der Waals surface area contributed by atoms with E-state index in [0.29, 0.717) is 17.1 Å². The summed E-state index contributed by atoms with van der Waals surface area (Å²) in [6.07, 6.45) is 6.05. The van der Waals surface area contributed by atoms with Crippen molar-refractivity contribution in [3.63, 3.8) is 0 Å². The van der Waals surface area contributed by atoms with Gasteiger partial charge < -0.3 is 24.5 Å². The number of methoxy groups -OCH3 is 3. The molecular formula is C28H37N3O4. The molecule has 4 rings (SSSR count). The number of nitrogens with one attached hydrogen (secondary N) is 2. The van der Waals surface area contributed by atoms with Crippen molar-refractivity contribution in [1.82, 2.24) is 15.2 Å². The number of rotatable bonds is 10. The third-order valence-corrected chi connectivity index (χ3v) is 6.98. The second-order valence-electron chi connectivity index (χ2n) is 9.32. The van der Waals surface area contributed by atoms with Gasteiger partial charge in [0.25, 0.3) is 5.91 Å². The molecule has 1 aliphatic rings. The number of hydrogen-bond donors (Lipinski definition) is 2. The molecule has 1 aliphatic heterocycles. The van der Waals surface area contributed by atoms with E-state index >= 15 is 0 Å². The molecule has 35 heavy (non-hydrogen) atoms. The number of ether oxygens (including phenoxy) is 3. The van der Waals surface area contributed by atoms with Crippen LogP contribution in [0.25, 0.3) is 10.9 Å². The van der Waals surface area contributed by atoms with E-state index < -0.39 is 0 Å². The number of likely N-dealkylation sites (tertiary alicyclic amines) is 1. The molecule has 0 radical (unpaired) electrons. The van der Waals surface area contributed by atoms with Crippen molar-refractivity contribution in [3.8, 4) is 11.5 Å². The fraction of sp³-hybridized carbons (Fsp3) is 0.464. The Morgan fingerprint density at radius 1 is 1.09 bits per heavy atom. The number of piperidine rings is 1. The lowest BCUT2D eigenvalue weighted by atomic mass is 10.0. The Morgan fingerprint density at radius 3 is 2.46 bits per heavy atom. The highest BCUT2D eigenvalue weighted by Gasteiger charge is 2.23. The number of nitrogens with zero attached hydrogens (tertiary/aromatic N) is 1. The zero-order valence-corrected chi connectivity index (χ0v) is 21.3. The highest BCUT2D eigenvalue weighted by Crippen LogP contribution is 2.30. The number of aryl methyl sites for hydroxylation is 1. The minimum absolute atomic E-state index is 0.0855. The van der Waals surface area contributed by atoms with Crippen LogP contribution in [0.1, 0.15) is 46.3 Å². The van der Waals surface area contributed by atoms with Crippen molar-refractivity contribution in [1.29, 1.82) is 0 Å². The predicted molar refractivity (Wildman–Crippen MR) is 139 cm³/mol. The molecule has 0 spiro atoms. The largest absolute Gasteiger partial charge is 0.496 e. The predicted octanol–water partition coefficient (Wildman–Crippen LogP) is 4.47. The maximum absolute atomic E-state index is 12.9. The number of aromatic amines is 1. The smallest absolute Gasteiger partial charge is 0.251 e. The molecule has 2 heterocycles. The lowest BCUT2D eigenvalue weighted by Gasteiger charge is -2.32. The van der Waals surface area contributed by atoms with Crippen molar-refractivity contribution in [2.24, 2.45) is 0 Å². The van der Waals surface area contributed by atoms with Crippen LogP contribution in [-0.2, 0) is 17.7 Å². The van der Waals surface area contributed by atoms with E-state index in [1.165, 1.54) is 22.0 Å². The molecular weight excluding hydrogens is 442 g/mol. The van der Waals surface area contributed by atoms with E-state index in [4.69, 9.17) is 14.2 Å². The second kappa shape index (κ2) is 11.6. The van der Waals surface area contributed by atoms with E-state index in [1.54, 1.807) is 33.5 Å². The maximum atomic E-state index is 12.9. The molecule has 2 aromatic carbocycles. The Bertz CT molecular complexity index is 1120. The van der Waals surface area contributed by atoms with E-state index in [9.17, 15) is 4.79 Å². The topological polar surface area (TPSA) is 75.8 Å². The normalized spacial score (nSPS) is 14.9. The monoisotopic (exact) mass is 479 g/mol. The molecule has 0 bridgehead atoms. The Labute approximate surface area is 207 Å². The summed E-state index contributed by atoms with van der Waals surface area (Å²) in [6, 6.07) is 10.4. The van der Waals surface area contributed by atoms with Gasteiger partial charge in [-0.05, 0) is 68.0 Å². The summed E-state index contributed by atoms with van der Waals surface area (Å²) >= 11 is 0. The average molecular weight is 480 g/mol. The van der Waals surface area contributed by atoms with Gasteiger partial charge in [-0.25, -0.2) is 0 Å². The van der Waals surface area contributed by atoms with Crippen molar-refractivity contribution in [2.45, 2.75) is 45.2 Å². The van der Waals surface area contributed by atoms with Crippen molar-refractivity contribution in [3.05, 3.63) is 58.8 Å². The summed E-state index contributed by atoms with van der Waals surface area (Å²) in [7, 11) is 4.96. The molecule has 0 unspecified atom stereocenters. The van der Waals surface area contributed by atoms with Crippen LogP contribution in [-0.4, -0.2) is 62.9 Å². The number of fused-ring (bicyclic) bond motifs is 1. The van der Waals surface area contributed by atoms with Gasteiger partial charge in [0.1, 0.15) is 11.5 Å². The average Bonchev–Trinajstić information content (AvgIpc) is 3.27. The fourth-order valence-electron chi connectivity index (χ4n) is 4.89. The summed E-state index contributed by atoms with van der Waals surface area (Å²) in [6.45, 7) is 5.52. The van der Waals surface area contributed by atoms with Crippen LogP contribution in [0.3, 0.4) is 0 Å². The van der Waals surface area contributed by atoms with Crippen LogP contribution in [0.15, 0.2) is 36.5 Å². The summed E-state index contributed by atoms with van der Waals surface area (Å²) in [5.41, 5.74) is 5.31. The van der Waals surface area contributed by atoms with Crippen LogP contribution >= 0.6 is 0 Å². The number of amides is 1. The Kier molecular flexibility index (Phi) is 8.31. The zero-order chi connectivity index (χ0) is 24.8. The quantitative estimate of drug-likeness (QED) is 0.420. The zero-order valence-electron chi connectivity index (χ0n) is 21.3. The molecule has 1 fully saturated rings. The lowest BCUT2D eigenvalue weighted by molar-refractivity contribution is 0.0908. The molecule has 1 aromatic heterocycles. The van der Waals surface area contributed by atoms with Gasteiger partial charge in [0.2, 0.25) is 0 Å². The van der Waals surface area contributed by atoms with Gasteiger partial charge in [-0.1, -0.05) is 6.07 Å². The number of carbonyl (C=O) groups is 1. The Hall–Kier alpha value is -3.03. The number of carbonyl (C=O) groups excluding carboxylic acids is 1. The minimum atomic E-state index is -0.0855. The van der Waals surface area contributed by atoms with Crippen molar-refractivity contribution >= 4 is 16.8 Å². The lowest BCUT2D eigenvalue weighted by Crippen LogP contribution is -2.44. The highest BCUT2D eigenvalue weighted by atomic mass is 16.5. The summed E-state index contributed by atoms with van der Waals surface area (Å²) in [5, 5.41) is 4.51. The van der Waals surface area contributed by atoms with Gasteiger partial charge in [-0.3, -0.25) is 9.69 Å². The first-order chi connectivity index (χ1) is 17.0. The Balaban J connectivity index is 1.33.